The number of hydrogen-bond acceptors (Lipinski definition) is 5. The third-order valence-electron chi connectivity index (χ3n) is 4.44. The molecule has 0 amide bonds. The Labute approximate surface area is 163 Å². The van der Waals surface area contributed by atoms with Gasteiger partial charge in [-0.05, 0) is 61.9 Å². The van der Waals surface area contributed by atoms with E-state index in [0.29, 0.717) is 11.5 Å². The van der Waals surface area contributed by atoms with Gasteiger partial charge in [0.05, 0.1) is 22.0 Å². The zero-order chi connectivity index (χ0) is 19.7. The minimum atomic E-state index is -3.72. The average molecular weight is 393 g/mol. The van der Waals surface area contributed by atoms with Gasteiger partial charge >= 0.3 is 0 Å². The Hall–Kier alpha value is -3.32. The summed E-state index contributed by atoms with van der Waals surface area (Å²) in [6, 6.07) is 19.8. The molecule has 0 atom stereocenters. The topological polar surface area (TPSA) is 79.8 Å². The van der Waals surface area contributed by atoms with Crippen LogP contribution in [0.5, 0.6) is 11.5 Å². The zero-order valence-electron chi connectivity index (χ0n) is 15.4. The standard InChI is InChI=1S/C21H19N3O3S/c1-14-7-10-17(11-8-14)28(25,26)24-23-15(2)16-9-12-21-19(13-16)22-18-5-3-4-6-20(18)27-21/h3-13,22,24H,1-2H3/b23-15+. The zero-order valence-corrected chi connectivity index (χ0v) is 16.2. The van der Waals surface area contributed by atoms with Gasteiger partial charge < -0.3 is 10.1 Å². The summed E-state index contributed by atoms with van der Waals surface area (Å²) in [5.41, 5.74) is 3.98. The van der Waals surface area contributed by atoms with Gasteiger partial charge in [0.15, 0.2) is 11.5 Å². The molecule has 0 aromatic heterocycles. The summed E-state index contributed by atoms with van der Waals surface area (Å²) in [6.45, 7) is 3.65. The molecular weight excluding hydrogens is 374 g/mol. The van der Waals surface area contributed by atoms with Gasteiger partial charge in [-0.15, -0.1) is 0 Å². The Morgan fingerprint density at radius 1 is 0.964 bits per heavy atom. The third kappa shape index (κ3) is 3.57. The van der Waals surface area contributed by atoms with Gasteiger partial charge in [-0.3, -0.25) is 0 Å². The van der Waals surface area contributed by atoms with Crippen molar-refractivity contribution in [2.24, 2.45) is 5.10 Å². The van der Waals surface area contributed by atoms with Crippen LogP contribution in [0.2, 0.25) is 0 Å². The summed E-state index contributed by atoms with van der Waals surface area (Å²) in [7, 11) is -3.72. The highest BCUT2D eigenvalue weighted by molar-refractivity contribution is 7.89. The van der Waals surface area contributed by atoms with Gasteiger partial charge in [-0.2, -0.15) is 18.4 Å². The quantitative estimate of drug-likeness (QED) is 0.394. The van der Waals surface area contributed by atoms with Crippen LogP contribution in [0.4, 0.5) is 11.4 Å². The van der Waals surface area contributed by atoms with Gasteiger partial charge in [0.2, 0.25) is 0 Å². The van der Waals surface area contributed by atoms with E-state index in [1.54, 1.807) is 31.2 Å². The van der Waals surface area contributed by atoms with E-state index in [4.69, 9.17) is 4.74 Å². The molecule has 28 heavy (non-hydrogen) atoms. The van der Waals surface area contributed by atoms with Gasteiger partial charge in [0, 0.05) is 0 Å². The monoisotopic (exact) mass is 393 g/mol. The molecule has 1 aliphatic heterocycles. The van der Waals surface area contributed by atoms with Gasteiger partial charge in [-0.1, -0.05) is 29.8 Å². The summed E-state index contributed by atoms with van der Waals surface area (Å²) >= 11 is 0. The van der Waals surface area contributed by atoms with Crippen molar-refractivity contribution in [2.75, 3.05) is 5.32 Å². The summed E-state index contributed by atoms with van der Waals surface area (Å²) in [5, 5.41) is 7.39. The van der Waals surface area contributed by atoms with Crippen molar-refractivity contribution in [3.05, 3.63) is 77.9 Å². The van der Waals surface area contributed by atoms with Crippen LogP contribution in [-0.4, -0.2) is 14.1 Å². The van der Waals surface area contributed by atoms with Crippen molar-refractivity contribution >= 4 is 27.1 Å². The van der Waals surface area contributed by atoms with E-state index < -0.39 is 10.0 Å². The maximum atomic E-state index is 12.4. The molecule has 0 spiro atoms. The highest BCUT2D eigenvalue weighted by Gasteiger charge is 2.17. The predicted molar refractivity (Wildman–Crippen MR) is 110 cm³/mol. The normalized spacial score (nSPS) is 13.0. The number of benzene rings is 3. The fourth-order valence-corrected chi connectivity index (χ4v) is 3.68. The fraction of sp³-hybridized carbons (Fsp3) is 0.0952. The average Bonchev–Trinajstić information content (AvgIpc) is 2.70. The molecule has 0 saturated heterocycles. The van der Waals surface area contributed by atoms with Gasteiger partial charge in [-0.25, -0.2) is 0 Å². The highest BCUT2D eigenvalue weighted by atomic mass is 32.2. The number of sulfonamides is 1. The molecular formula is C21H19N3O3S. The van der Waals surface area contributed by atoms with Crippen molar-refractivity contribution in [2.45, 2.75) is 18.7 Å². The van der Waals surface area contributed by atoms with Crippen LogP contribution in [0.3, 0.4) is 0 Å². The lowest BCUT2D eigenvalue weighted by atomic mass is 10.1. The number of hydrazone groups is 1. The van der Waals surface area contributed by atoms with Crippen LogP contribution in [0, 0.1) is 6.92 Å². The van der Waals surface area contributed by atoms with Gasteiger partial charge in [0.1, 0.15) is 0 Å². The molecule has 7 heteroatoms. The lowest BCUT2D eigenvalue weighted by Gasteiger charge is -2.22. The largest absolute Gasteiger partial charge is 0.453 e. The Balaban J connectivity index is 1.56. The van der Waals surface area contributed by atoms with Crippen molar-refractivity contribution in [3.63, 3.8) is 0 Å². The van der Waals surface area contributed by atoms with E-state index in [1.165, 1.54) is 0 Å². The second-order valence-corrected chi connectivity index (χ2v) is 8.20. The molecule has 0 aliphatic carbocycles. The van der Waals surface area contributed by atoms with Crippen LogP contribution < -0.4 is 14.9 Å². The van der Waals surface area contributed by atoms with Crippen LogP contribution in [0.15, 0.2) is 76.7 Å². The predicted octanol–water partition coefficient (Wildman–Crippen LogP) is 4.55. The molecule has 0 radical (unpaired) electrons. The number of fused-ring (bicyclic) bond motifs is 2. The first-order valence-electron chi connectivity index (χ1n) is 8.73. The first kappa shape index (κ1) is 18.1. The number of aryl methyl sites for hydroxylation is 1. The maximum Gasteiger partial charge on any atom is 0.276 e. The lowest BCUT2D eigenvalue weighted by Crippen LogP contribution is -2.20. The van der Waals surface area contributed by atoms with Crippen molar-refractivity contribution < 1.29 is 13.2 Å². The fourth-order valence-electron chi connectivity index (χ4n) is 2.83. The Morgan fingerprint density at radius 2 is 1.68 bits per heavy atom. The lowest BCUT2D eigenvalue weighted by molar-refractivity contribution is 0.481. The Kier molecular flexibility index (Phi) is 4.52. The minimum absolute atomic E-state index is 0.173. The van der Waals surface area contributed by atoms with E-state index in [2.05, 4.69) is 15.2 Å². The molecule has 2 N–H and O–H groups in total. The summed E-state index contributed by atoms with van der Waals surface area (Å²) in [5.74, 6) is 1.47. The molecule has 0 bridgehead atoms. The number of nitrogens with one attached hydrogen (secondary N) is 2. The summed E-state index contributed by atoms with van der Waals surface area (Å²) in [4.78, 5) is 2.47. The van der Waals surface area contributed by atoms with E-state index in [0.717, 1.165) is 28.3 Å². The van der Waals surface area contributed by atoms with E-state index in [-0.39, 0.29) is 4.90 Å². The second-order valence-electron chi connectivity index (χ2n) is 6.54. The number of nitrogens with zero attached hydrogens (tertiary/aromatic N) is 1. The molecule has 142 valence electrons. The van der Waals surface area contributed by atoms with E-state index in [1.807, 2.05) is 49.4 Å². The number of hydrogen-bond donors (Lipinski definition) is 2. The van der Waals surface area contributed by atoms with E-state index in [9.17, 15) is 8.42 Å². The Bertz CT molecular complexity index is 1170. The van der Waals surface area contributed by atoms with Crippen molar-refractivity contribution in [1.29, 1.82) is 0 Å². The molecule has 1 heterocycles. The number of para-hydroxylation sites is 2. The molecule has 6 nitrogen and oxygen atoms in total. The maximum absolute atomic E-state index is 12.4. The summed E-state index contributed by atoms with van der Waals surface area (Å²) in [6.07, 6.45) is 0. The molecule has 3 aromatic carbocycles. The second kappa shape index (κ2) is 7.01. The number of ether oxygens (including phenoxy) is 1. The van der Waals surface area contributed by atoms with Gasteiger partial charge in [0.25, 0.3) is 10.0 Å². The first-order valence-corrected chi connectivity index (χ1v) is 10.2. The number of rotatable bonds is 4. The third-order valence-corrected chi connectivity index (χ3v) is 5.66. The SMILES string of the molecule is C/C(=N\NS(=O)(=O)c1ccc(C)cc1)c1ccc2c(c1)Nc1ccccc1O2. The minimum Gasteiger partial charge on any atom is -0.453 e. The van der Waals surface area contributed by atoms with Crippen LogP contribution in [0.25, 0.3) is 0 Å². The smallest absolute Gasteiger partial charge is 0.276 e. The highest BCUT2D eigenvalue weighted by Crippen LogP contribution is 2.41. The van der Waals surface area contributed by atoms with E-state index >= 15 is 0 Å². The Morgan fingerprint density at radius 3 is 2.46 bits per heavy atom. The van der Waals surface area contributed by atoms with Crippen LogP contribution in [-0.2, 0) is 10.0 Å². The van der Waals surface area contributed by atoms with Crippen molar-refractivity contribution in [3.8, 4) is 11.5 Å². The number of anilines is 2. The molecule has 4 rings (SSSR count). The summed E-state index contributed by atoms with van der Waals surface area (Å²) < 4.78 is 30.7. The first-order chi connectivity index (χ1) is 13.4. The van der Waals surface area contributed by atoms with Crippen LogP contribution in [0.1, 0.15) is 18.1 Å². The molecule has 0 unspecified atom stereocenters. The molecule has 0 fully saturated rings. The molecule has 1 aliphatic rings. The van der Waals surface area contributed by atoms with Crippen LogP contribution >= 0.6 is 0 Å². The van der Waals surface area contributed by atoms with Crippen molar-refractivity contribution in [1.82, 2.24) is 4.83 Å². The molecule has 3 aromatic rings. The molecule has 0 saturated carbocycles.